The van der Waals surface area contributed by atoms with Crippen LogP contribution >= 0.6 is 11.6 Å². The maximum atomic E-state index is 11.2. The predicted octanol–water partition coefficient (Wildman–Crippen LogP) is 0.823. The van der Waals surface area contributed by atoms with Crippen molar-refractivity contribution < 1.29 is 4.79 Å². The van der Waals surface area contributed by atoms with Gasteiger partial charge in [-0.15, -0.1) is 0 Å². The third kappa shape index (κ3) is 1.76. The van der Waals surface area contributed by atoms with E-state index in [4.69, 9.17) is 11.6 Å². The van der Waals surface area contributed by atoms with Gasteiger partial charge in [0.25, 0.3) is 5.91 Å². The van der Waals surface area contributed by atoms with Gasteiger partial charge >= 0.3 is 0 Å². The van der Waals surface area contributed by atoms with Gasteiger partial charge in [0.1, 0.15) is 0 Å². The van der Waals surface area contributed by atoms with Crippen molar-refractivity contribution in [2.45, 2.75) is 6.92 Å². The van der Waals surface area contributed by atoms with E-state index in [1.54, 1.807) is 13.2 Å². The summed E-state index contributed by atoms with van der Waals surface area (Å²) in [6.07, 6.45) is 1.59. The van der Waals surface area contributed by atoms with Crippen LogP contribution in [0.15, 0.2) is 6.20 Å². The van der Waals surface area contributed by atoms with Gasteiger partial charge in [0.15, 0.2) is 5.69 Å². The first-order chi connectivity index (χ1) is 5.65. The Hall–Kier alpha value is -1.03. The second-order valence-electron chi connectivity index (χ2n) is 2.36. The minimum absolute atomic E-state index is 0.233. The number of carbonyl (C=O) groups excluding carboxylic acids is 1. The lowest BCUT2D eigenvalue weighted by molar-refractivity contribution is 0.0950. The molecule has 0 radical (unpaired) electrons. The van der Waals surface area contributed by atoms with Crippen molar-refractivity contribution in [3.05, 3.63) is 16.9 Å². The molecule has 1 rings (SSSR count). The van der Waals surface area contributed by atoms with E-state index in [1.165, 1.54) is 4.68 Å². The van der Waals surface area contributed by atoms with E-state index in [0.717, 1.165) is 0 Å². The van der Waals surface area contributed by atoms with Gasteiger partial charge in [-0.05, 0) is 6.92 Å². The summed E-state index contributed by atoms with van der Waals surface area (Å²) in [7, 11) is 1.72. The fraction of sp³-hybridized carbons (Fsp3) is 0.429. The molecule has 1 amide bonds. The lowest BCUT2D eigenvalue weighted by Gasteiger charge is -1.96. The number of nitrogens with one attached hydrogen (secondary N) is 1. The lowest BCUT2D eigenvalue weighted by Crippen LogP contribution is -2.23. The molecule has 0 unspecified atom stereocenters. The van der Waals surface area contributed by atoms with Crippen LogP contribution in [0.4, 0.5) is 0 Å². The standard InChI is InChI=1S/C7H10ClN3O/c1-3-9-7(12)6-5(8)4-11(2)10-6/h4H,3H2,1-2H3,(H,9,12). The topological polar surface area (TPSA) is 46.9 Å². The molecule has 1 heterocycles. The van der Waals surface area contributed by atoms with Gasteiger partial charge in [-0.25, -0.2) is 0 Å². The largest absolute Gasteiger partial charge is 0.351 e. The molecule has 66 valence electrons. The number of hydrogen-bond acceptors (Lipinski definition) is 2. The Morgan fingerprint density at radius 2 is 2.50 bits per heavy atom. The highest BCUT2D eigenvalue weighted by atomic mass is 35.5. The molecule has 0 aliphatic rings. The van der Waals surface area contributed by atoms with Crippen LogP contribution in [0, 0.1) is 0 Å². The summed E-state index contributed by atoms with van der Waals surface area (Å²) in [5.41, 5.74) is 0.279. The number of amides is 1. The average Bonchev–Trinajstić information content (AvgIpc) is 2.30. The first-order valence-electron chi connectivity index (χ1n) is 3.62. The van der Waals surface area contributed by atoms with Crippen molar-refractivity contribution in [1.29, 1.82) is 0 Å². The van der Waals surface area contributed by atoms with Crippen molar-refractivity contribution in [2.75, 3.05) is 6.54 Å². The molecule has 1 aromatic heterocycles. The fourth-order valence-electron chi connectivity index (χ4n) is 0.858. The normalized spacial score (nSPS) is 9.92. The molecule has 4 nitrogen and oxygen atoms in total. The Morgan fingerprint density at radius 3 is 2.92 bits per heavy atom. The van der Waals surface area contributed by atoms with Gasteiger partial charge < -0.3 is 5.32 Å². The highest BCUT2D eigenvalue weighted by molar-refractivity contribution is 6.33. The fourth-order valence-corrected chi connectivity index (χ4v) is 1.12. The minimum Gasteiger partial charge on any atom is -0.351 e. The summed E-state index contributed by atoms with van der Waals surface area (Å²) < 4.78 is 1.51. The Labute approximate surface area is 75.5 Å². The van der Waals surface area contributed by atoms with E-state index in [0.29, 0.717) is 11.6 Å². The molecule has 0 saturated carbocycles. The minimum atomic E-state index is -0.233. The Morgan fingerprint density at radius 1 is 1.83 bits per heavy atom. The van der Waals surface area contributed by atoms with E-state index in [9.17, 15) is 4.79 Å². The van der Waals surface area contributed by atoms with Gasteiger partial charge in [0.2, 0.25) is 0 Å². The second kappa shape index (κ2) is 3.58. The van der Waals surface area contributed by atoms with Crippen LogP contribution in [0.3, 0.4) is 0 Å². The summed E-state index contributed by atoms with van der Waals surface area (Å²) in [5, 5.41) is 6.90. The van der Waals surface area contributed by atoms with Gasteiger partial charge in [-0.2, -0.15) is 5.10 Å². The van der Waals surface area contributed by atoms with Crippen molar-refractivity contribution >= 4 is 17.5 Å². The number of rotatable bonds is 2. The average molecular weight is 188 g/mol. The molecule has 0 spiro atoms. The maximum absolute atomic E-state index is 11.2. The summed E-state index contributed by atoms with van der Waals surface area (Å²) in [6, 6.07) is 0. The Bertz CT molecular complexity index is 295. The van der Waals surface area contributed by atoms with Crippen molar-refractivity contribution in [3.63, 3.8) is 0 Å². The van der Waals surface area contributed by atoms with Crippen molar-refractivity contribution in [2.24, 2.45) is 7.05 Å². The molecule has 12 heavy (non-hydrogen) atoms. The zero-order chi connectivity index (χ0) is 9.14. The van der Waals surface area contributed by atoms with E-state index in [2.05, 4.69) is 10.4 Å². The van der Waals surface area contributed by atoms with E-state index in [-0.39, 0.29) is 11.6 Å². The monoisotopic (exact) mass is 187 g/mol. The smallest absolute Gasteiger partial charge is 0.273 e. The van der Waals surface area contributed by atoms with Crippen LogP contribution in [-0.4, -0.2) is 22.2 Å². The molecule has 0 aliphatic heterocycles. The number of hydrogen-bond donors (Lipinski definition) is 1. The van der Waals surface area contributed by atoms with Crippen LogP contribution in [0.5, 0.6) is 0 Å². The molecule has 0 bridgehead atoms. The number of aryl methyl sites for hydroxylation is 1. The summed E-state index contributed by atoms with van der Waals surface area (Å²) in [4.78, 5) is 11.2. The first kappa shape index (κ1) is 9.06. The number of nitrogens with zero attached hydrogens (tertiary/aromatic N) is 2. The van der Waals surface area contributed by atoms with Crippen LogP contribution in [0.2, 0.25) is 5.02 Å². The molecular weight excluding hydrogens is 178 g/mol. The summed E-state index contributed by atoms with van der Waals surface area (Å²) in [6.45, 7) is 2.42. The van der Waals surface area contributed by atoms with Crippen LogP contribution in [0.25, 0.3) is 0 Å². The highest BCUT2D eigenvalue weighted by Gasteiger charge is 2.12. The first-order valence-corrected chi connectivity index (χ1v) is 4.00. The van der Waals surface area contributed by atoms with Crippen molar-refractivity contribution in [1.82, 2.24) is 15.1 Å². The van der Waals surface area contributed by atoms with Gasteiger partial charge in [-0.3, -0.25) is 9.48 Å². The van der Waals surface area contributed by atoms with E-state index in [1.807, 2.05) is 6.92 Å². The third-order valence-corrected chi connectivity index (χ3v) is 1.61. The van der Waals surface area contributed by atoms with E-state index < -0.39 is 0 Å². The zero-order valence-electron chi connectivity index (χ0n) is 6.97. The third-order valence-electron chi connectivity index (χ3n) is 1.34. The van der Waals surface area contributed by atoms with Crippen LogP contribution in [0.1, 0.15) is 17.4 Å². The summed E-state index contributed by atoms with van der Waals surface area (Å²) >= 11 is 5.73. The SMILES string of the molecule is CCNC(=O)c1nn(C)cc1Cl. The van der Waals surface area contributed by atoms with Gasteiger partial charge in [0.05, 0.1) is 5.02 Å². The molecule has 0 fully saturated rings. The number of halogens is 1. The number of carbonyl (C=O) groups is 1. The van der Waals surface area contributed by atoms with Gasteiger partial charge in [-0.1, -0.05) is 11.6 Å². The zero-order valence-corrected chi connectivity index (χ0v) is 7.72. The molecule has 0 aliphatic carbocycles. The predicted molar refractivity (Wildman–Crippen MR) is 46.2 cm³/mol. The van der Waals surface area contributed by atoms with Gasteiger partial charge in [0, 0.05) is 19.8 Å². The molecule has 0 saturated heterocycles. The molecule has 1 aromatic rings. The molecule has 0 atom stereocenters. The Balaban J connectivity index is 2.87. The second-order valence-corrected chi connectivity index (χ2v) is 2.77. The quantitative estimate of drug-likeness (QED) is 0.746. The number of aromatic nitrogens is 2. The lowest BCUT2D eigenvalue weighted by atomic mass is 10.4. The molecule has 0 aromatic carbocycles. The van der Waals surface area contributed by atoms with Crippen LogP contribution in [-0.2, 0) is 7.05 Å². The molecule has 5 heteroatoms. The van der Waals surface area contributed by atoms with E-state index >= 15 is 0 Å². The molecule has 1 N–H and O–H groups in total. The van der Waals surface area contributed by atoms with Crippen molar-refractivity contribution in [3.8, 4) is 0 Å². The molecular formula is C7H10ClN3O. The Kier molecular flexibility index (Phi) is 2.70. The maximum Gasteiger partial charge on any atom is 0.273 e. The summed E-state index contributed by atoms with van der Waals surface area (Å²) in [5.74, 6) is -0.233. The van der Waals surface area contributed by atoms with Crippen LogP contribution < -0.4 is 5.32 Å². The highest BCUT2D eigenvalue weighted by Crippen LogP contribution is 2.12.